The third-order valence-electron chi connectivity index (χ3n) is 4.15. The number of nitrogens with one attached hydrogen (secondary N) is 1. The van der Waals surface area contributed by atoms with Gasteiger partial charge in [0.25, 0.3) is 0 Å². The molecule has 1 heterocycles. The highest BCUT2D eigenvalue weighted by molar-refractivity contribution is 5.95. The fraction of sp³-hybridized carbons (Fsp3) is 0.400. The van der Waals surface area contributed by atoms with Crippen molar-refractivity contribution in [2.75, 3.05) is 6.61 Å². The van der Waals surface area contributed by atoms with Crippen LogP contribution < -0.4 is 5.32 Å². The first-order valence-electron chi connectivity index (χ1n) is 6.75. The van der Waals surface area contributed by atoms with Crippen LogP contribution in [0.3, 0.4) is 0 Å². The lowest BCUT2D eigenvalue weighted by Crippen LogP contribution is -2.53. The number of hydrogen-bond acceptors (Lipinski definition) is 4. The van der Waals surface area contributed by atoms with Crippen LogP contribution in [0.2, 0.25) is 0 Å². The molecule has 0 aliphatic heterocycles. The molecule has 2 aromatic rings. The third kappa shape index (κ3) is 2.09. The molecule has 0 saturated heterocycles. The Bertz CT molecular complexity index is 637. The summed E-state index contributed by atoms with van der Waals surface area (Å²) in [4.78, 5) is 11.3. The topological polar surface area (TPSA) is 82.7 Å². The van der Waals surface area contributed by atoms with E-state index in [1.807, 2.05) is 18.2 Å². The number of rotatable bonds is 5. The molecule has 5 nitrogen and oxygen atoms in total. The number of aliphatic hydroxyl groups is 1. The third-order valence-corrected chi connectivity index (χ3v) is 4.15. The van der Waals surface area contributed by atoms with Gasteiger partial charge in [0.05, 0.1) is 6.61 Å². The highest BCUT2D eigenvalue weighted by Crippen LogP contribution is 2.33. The van der Waals surface area contributed by atoms with E-state index < -0.39 is 5.97 Å². The fourth-order valence-electron chi connectivity index (χ4n) is 2.72. The van der Waals surface area contributed by atoms with Crippen LogP contribution in [0.1, 0.15) is 35.4 Å². The van der Waals surface area contributed by atoms with Gasteiger partial charge in [-0.05, 0) is 25.3 Å². The van der Waals surface area contributed by atoms with Crippen LogP contribution in [-0.2, 0) is 6.54 Å². The number of furan rings is 1. The summed E-state index contributed by atoms with van der Waals surface area (Å²) < 4.78 is 5.41. The van der Waals surface area contributed by atoms with Crippen molar-refractivity contribution >= 4 is 16.9 Å². The molecule has 0 amide bonds. The maximum absolute atomic E-state index is 11.3. The molecule has 1 fully saturated rings. The van der Waals surface area contributed by atoms with Crippen molar-refractivity contribution in [3.8, 4) is 0 Å². The van der Waals surface area contributed by atoms with Gasteiger partial charge in [0.1, 0.15) is 5.58 Å². The first kappa shape index (κ1) is 13.1. The van der Waals surface area contributed by atoms with E-state index in [0.717, 1.165) is 24.6 Å². The van der Waals surface area contributed by atoms with Gasteiger partial charge in [0.2, 0.25) is 5.76 Å². The smallest absolute Gasteiger partial charge is 0.372 e. The lowest BCUT2D eigenvalue weighted by molar-refractivity contribution is 0.0659. The summed E-state index contributed by atoms with van der Waals surface area (Å²) in [6.45, 7) is 0.463. The second kappa shape index (κ2) is 4.92. The molecule has 106 valence electrons. The van der Waals surface area contributed by atoms with E-state index in [9.17, 15) is 15.0 Å². The Morgan fingerprint density at radius 2 is 2.10 bits per heavy atom. The second-order valence-electron chi connectivity index (χ2n) is 5.36. The quantitative estimate of drug-likeness (QED) is 0.778. The Morgan fingerprint density at radius 3 is 2.70 bits per heavy atom. The van der Waals surface area contributed by atoms with Crippen LogP contribution in [0.5, 0.6) is 0 Å². The molecule has 1 aliphatic carbocycles. The van der Waals surface area contributed by atoms with Gasteiger partial charge in [0.15, 0.2) is 0 Å². The predicted molar refractivity (Wildman–Crippen MR) is 73.7 cm³/mol. The monoisotopic (exact) mass is 275 g/mol. The molecule has 3 N–H and O–H groups in total. The molecule has 1 aromatic heterocycles. The zero-order valence-electron chi connectivity index (χ0n) is 11.1. The molecule has 0 unspecified atom stereocenters. The van der Waals surface area contributed by atoms with E-state index in [1.165, 1.54) is 0 Å². The van der Waals surface area contributed by atoms with Crippen LogP contribution in [0.4, 0.5) is 0 Å². The Hall–Kier alpha value is -1.85. The highest BCUT2D eigenvalue weighted by atomic mass is 16.4. The van der Waals surface area contributed by atoms with Crippen LogP contribution in [0.25, 0.3) is 11.0 Å². The standard InChI is InChI=1S/C15H17NO4/c17-9-15(6-3-7-15)16-8-11-10-4-1-2-5-12(10)20-13(11)14(18)19/h1-2,4-5,16-17H,3,6-9H2,(H,18,19). The van der Waals surface area contributed by atoms with Crippen molar-refractivity contribution in [2.45, 2.75) is 31.3 Å². The average molecular weight is 275 g/mol. The molecular formula is C15H17NO4. The van der Waals surface area contributed by atoms with Crippen molar-refractivity contribution in [3.63, 3.8) is 0 Å². The Balaban J connectivity index is 1.93. The molecule has 20 heavy (non-hydrogen) atoms. The zero-order valence-corrected chi connectivity index (χ0v) is 11.1. The number of carboxylic acids is 1. The Kier molecular flexibility index (Phi) is 3.23. The number of aromatic carboxylic acids is 1. The number of hydrogen-bond donors (Lipinski definition) is 3. The molecule has 0 radical (unpaired) electrons. The Labute approximate surface area is 116 Å². The zero-order chi connectivity index (χ0) is 14.2. The summed E-state index contributed by atoms with van der Waals surface area (Å²) in [6, 6.07) is 7.29. The highest BCUT2D eigenvalue weighted by Gasteiger charge is 2.36. The summed E-state index contributed by atoms with van der Waals surface area (Å²) in [7, 11) is 0. The van der Waals surface area contributed by atoms with Gasteiger partial charge in [-0.3, -0.25) is 0 Å². The van der Waals surface area contributed by atoms with Gasteiger partial charge in [0, 0.05) is 23.0 Å². The average Bonchev–Trinajstić information content (AvgIpc) is 2.77. The maximum Gasteiger partial charge on any atom is 0.372 e. The van der Waals surface area contributed by atoms with Crippen molar-refractivity contribution in [1.82, 2.24) is 5.32 Å². The Morgan fingerprint density at radius 1 is 1.35 bits per heavy atom. The molecule has 1 aliphatic rings. The van der Waals surface area contributed by atoms with Gasteiger partial charge >= 0.3 is 5.97 Å². The molecule has 1 saturated carbocycles. The summed E-state index contributed by atoms with van der Waals surface area (Å²) in [5.41, 5.74) is 0.968. The lowest BCUT2D eigenvalue weighted by Gasteiger charge is -2.41. The van der Waals surface area contributed by atoms with Gasteiger partial charge in [-0.15, -0.1) is 0 Å². The molecule has 0 spiro atoms. The van der Waals surface area contributed by atoms with Crippen LogP contribution in [-0.4, -0.2) is 28.3 Å². The van der Waals surface area contributed by atoms with E-state index in [2.05, 4.69) is 5.32 Å². The molecule has 0 bridgehead atoms. The van der Waals surface area contributed by atoms with Gasteiger partial charge in [-0.25, -0.2) is 4.79 Å². The molecule has 5 heteroatoms. The van der Waals surface area contributed by atoms with Crippen molar-refractivity contribution in [1.29, 1.82) is 0 Å². The van der Waals surface area contributed by atoms with Crippen molar-refractivity contribution in [3.05, 3.63) is 35.6 Å². The van der Waals surface area contributed by atoms with E-state index in [-0.39, 0.29) is 17.9 Å². The summed E-state index contributed by atoms with van der Waals surface area (Å²) in [6.07, 6.45) is 2.93. The molecular weight excluding hydrogens is 258 g/mol. The predicted octanol–water partition coefficient (Wildman–Crippen LogP) is 2.14. The maximum atomic E-state index is 11.3. The number of carboxylic acid groups (broad SMARTS) is 1. The first-order valence-corrected chi connectivity index (χ1v) is 6.75. The fourth-order valence-corrected chi connectivity index (χ4v) is 2.72. The van der Waals surface area contributed by atoms with Gasteiger partial charge in [-0.1, -0.05) is 18.2 Å². The van der Waals surface area contributed by atoms with Crippen LogP contribution in [0, 0.1) is 0 Å². The lowest BCUT2D eigenvalue weighted by atomic mass is 9.77. The van der Waals surface area contributed by atoms with Crippen LogP contribution in [0.15, 0.2) is 28.7 Å². The van der Waals surface area contributed by atoms with Gasteiger partial charge in [-0.2, -0.15) is 0 Å². The largest absolute Gasteiger partial charge is 0.475 e. The second-order valence-corrected chi connectivity index (χ2v) is 5.36. The number of carbonyl (C=O) groups is 1. The van der Waals surface area contributed by atoms with E-state index in [1.54, 1.807) is 6.07 Å². The molecule has 0 atom stereocenters. The summed E-state index contributed by atoms with van der Waals surface area (Å²) in [5, 5.41) is 22.8. The van der Waals surface area contributed by atoms with Gasteiger partial charge < -0.3 is 19.9 Å². The minimum Gasteiger partial charge on any atom is -0.475 e. The molecule has 3 rings (SSSR count). The normalized spacial score (nSPS) is 17.1. The minimum atomic E-state index is -1.07. The first-order chi connectivity index (χ1) is 9.65. The van der Waals surface area contributed by atoms with Crippen molar-refractivity contribution < 1.29 is 19.4 Å². The number of para-hydroxylation sites is 1. The van der Waals surface area contributed by atoms with E-state index >= 15 is 0 Å². The summed E-state index contributed by atoms with van der Waals surface area (Å²) in [5.74, 6) is -1.09. The SMILES string of the molecule is O=C(O)c1oc2ccccc2c1CNC1(CO)CCC1. The van der Waals surface area contributed by atoms with E-state index in [4.69, 9.17) is 4.42 Å². The molecule has 1 aromatic carbocycles. The van der Waals surface area contributed by atoms with Crippen molar-refractivity contribution in [2.24, 2.45) is 0 Å². The minimum absolute atomic E-state index is 0.0221. The number of aliphatic hydroxyl groups excluding tert-OH is 1. The summed E-state index contributed by atoms with van der Waals surface area (Å²) >= 11 is 0. The van der Waals surface area contributed by atoms with E-state index in [0.29, 0.717) is 17.7 Å². The van der Waals surface area contributed by atoms with Crippen LogP contribution >= 0.6 is 0 Å². The number of benzene rings is 1. The number of fused-ring (bicyclic) bond motifs is 1.